The molecule has 0 aliphatic heterocycles. The highest BCUT2D eigenvalue weighted by Gasteiger charge is 2.25. The molecule has 0 N–H and O–H groups in total. The summed E-state index contributed by atoms with van der Waals surface area (Å²) in [6.45, 7) is 5.86. The van der Waals surface area contributed by atoms with Crippen LogP contribution in [-0.4, -0.2) is 5.16 Å². The molecule has 0 spiro atoms. The van der Waals surface area contributed by atoms with Gasteiger partial charge in [0.2, 0.25) is 0 Å². The van der Waals surface area contributed by atoms with Crippen LogP contribution >= 0.6 is 22.6 Å². The van der Waals surface area contributed by atoms with Crippen LogP contribution in [0, 0.1) is 9.52 Å². The van der Waals surface area contributed by atoms with Crippen LogP contribution in [0.5, 0.6) is 0 Å². The topological polar surface area (TPSA) is 26.0 Å². The van der Waals surface area contributed by atoms with Crippen molar-refractivity contribution < 1.29 is 8.91 Å². The molecule has 0 fully saturated rings. The van der Waals surface area contributed by atoms with Crippen LogP contribution < -0.4 is 0 Å². The molecular formula is C7H9FINO. The molecule has 0 atom stereocenters. The summed E-state index contributed by atoms with van der Waals surface area (Å²) in [5.74, 6) is 0.0890. The standard InChI is InChI=1S/C7H9FINO/c1-7(2,3)5-4(9)6(8)10-11-5/h1-3H3. The third kappa shape index (κ3) is 1.72. The Labute approximate surface area is 78.3 Å². The largest absolute Gasteiger partial charge is 0.357 e. The van der Waals surface area contributed by atoms with Gasteiger partial charge in [-0.1, -0.05) is 20.8 Å². The van der Waals surface area contributed by atoms with Crippen molar-refractivity contribution in [2.75, 3.05) is 0 Å². The van der Waals surface area contributed by atoms with Crippen LogP contribution in [0.25, 0.3) is 0 Å². The zero-order chi connectivity index (χ0) is 8.65. The molecule has 1 aromatic heterocycles. The van der Waals surface area contributed by atoms with E-state index in [9.17, 15) is 4.39 Å². The van der Waals surface area contributed by atoms with Gasteiger partial charge in [0.05, 0.1) is 0 Å². The smallest absolute Gasteiger partial charge is 0.267 e. The second kappa shape index (κ2) is 2.73. The maximum Gasteiger partial charge on any atom is 0.267 e. The van der Waals surface area contributed by atoms with Crippen molar-refractivity contribution in [3.05, 3.63) is 15.3 Å². The number of rotatable bonds is 0. The maximum absolute atomic E-state index is 12.7. The first-order valence-corrected chi connectivity index (χ1v) is 4.32. The summed E-state index contributed by atoms with van der Waals surface area (Å²) in [7, 11) is 0. The van der Waals surface area contributed by atoms with E-state index in [1.165, 1.54) is 0 Å². The van der Waals surface area contributed by atoms with Crippen molar-refractivity contribution in [1.82, 2.24) is 5.16 Å². The predicted octanol–water partition coefficient (Wildman–Crippen LogP) is 2.72. The van der Waals surface area contributed by atoms with Crippen molar-refractivity contribution in [2.24, 2.45) is 0 Å². The molecule has 1 heterocycles. The van der Waals surface area contributed by atoms with Crippen molar-refractivity contribution in [3.8, 4) is 0 Å². The fourth-order valence-electron chi connectivity index (χ4n) is 0.726. The molecule has 1 rings (SSSR count). The zero-order valence-corrected chi connectivity index (χ0v) is 8.77. The van der Waals surface area contributed by atoms with Crippen LogP contribution in [0.2, 0.25) is 0 Å². The van der Waals surface area contributed by atoms with Gasteiger partial charge >= 0.3 is 0 Å². The third-order valence-electron chi connectivity index (χ3n) is 1.28. The predicted molar refractivity (Wildman–Crippen MR) is 47.9 cm³/mol. The Bertz CT molecular complexity index is 264. The van der Waals surface area contributed by atoms with Gasteiger partial charge in [-0.15, -0.1) is 0 Å². The Morgan fingerprint density at radius 2 is 2.00 bits per heavy atom. The maximum atomic E-state index is 12.7. The molecular weight excluding hydrogens is 260 g/mol. The minimum absolute atomic E-state index is 0.173. The van der Waals surface area contributed by atoms with Gasteiger partial charge in [-0.3, -0.25) is 0 Å². The Balaban J connectivity index is 3.15. The Hall–Kier alpha value is -0.130. The van der Waals surface area contributed by atoms with Gasteiger partial charge < -0.3 is 4.52 Å². The van der Waals surface area contributed by atoms with Crippen molar-refractivity contribution in [1.29, 1.82) is 0 Å². The second-order valence-corrected chi connectivity index (χ2v) is 4.45. The molecule has 1 aromatic rings. The number of hydrogen-bond acceptors (Lipinski definition) is 2. The first-order chi connectivity index (χ1) is 4.93. The van der Waals surface area contributed by atoms with Gasteiger partial charge in [0, 0.05) is 5.41 Å². The Kier molecular flexibility index (Phi) is 2.22. The lowest BCUT2D eigenvalue weighted by molar-refractivity contribution is 0.310. The van der Waals surface area contributed by atoms with E-state index in [0.717, 1.165) is 0 Å². The molecule has 11 heavy (non-hydrogen) atoms. The minimum Gasteiger partial charge on any atom is -0.357 e. The molecule has 62 valence electrons. The lowest BCUT2D eigenvalue weighted by atomic mass is 9.94. The molecule has 0 aliphatic rings. The summed E-state index contributed by atoms with van der Waals surface area (Å²) in [6, 6.07) is 0. The monoisotopic (exact) mass is 269 g/mol. The van der Waals surface area contributed by atoms with E-state index in [1.807, 2.05) is 43.4 Å². The zero-order valence-electron chi connectivity index (χ0n) is 6.61. The SMILES string of the molecule is CC(C)(C)c1onc(F)c1I. The fraction of sp³-hybridized carbons (Fsp3) is 0.571. The minimum atomic E-state index is -0.518. The van der Waals surface area contributed by atoms with Crippen LogP contribution in [0.4, 0.5) is 4.39 Å². The quantitative estimate of drug-likeness (QED) is 0.677. The van der Waals surface area contributed by atoms with Gasteiger partial charge in [-0.05, 0) is 27.7 Å². The molecule has 4 heteroatoms. The molecule has 0 amide bonds. The lowest BCUT2D eigenvalue weighted by Gasteiger charge is -2.13. The molecule has 0 saturated heterocycles. The first-order valence-electron chi connectivity index (χ1n) is 3.24. The lowest BCUT2D eigenvalue weighted by Crippen LogP contribution is -2.11. The number of hydrogen-bond donors (Lipinski definition) is 0. The molecule has 0 unspecified atom stereocenters. The van der Waals surface area contributed by atoms with Crippen LogP contribution in [0.1, 0.15) is 26.5 Å². The number of nitrogens with zero attached hydrogens (tertiary/aromatic N) is 1. The van der Waals surface area contributed by atoms with E-state index in [2.05, 4.69) is 5.16 Å². The Morgan fingerprint density at radius 3 is 2.18 bits per heavy atom. The number of halogens is 2. The van der Waals surface area contributed by atoms with Crippen molar-refractivity contribution in [2.45, 2.75) is 26.2 Å². The van der Waals surface area contributed by atoms with Gasteiger partial charge in [0.15, 0.2) is 5.76 Å². The average molecular weight is 269 g/mol. The van der Waals surface area contributed by atoms with E-state index in [4.69, 9.17) is 4.52 Å². The summed E-state index contributed by atoms with van der Waals surface area (Å²) >= 11 is 1.89. The molecule has 0 bridgehead atoms. The van der Waals surface area contributed by atoms with Gasteiger partial charge in [0.1, 0.15) is 3.57 Å². The van der Waals surface area contributed by atoms with Crippen molar-refractivity contribution in [3.63, 3.8) is 0 Å². The average Bonchev–Trinajstić information content (AvgIpc) is 2.11. The molecule has 0 saturated carbocycles. The highest BCUT2D eigenvalue weighted by molar-refractivity contribution is 14.1. The summed E-state index contributed by atoms with van der Waals surface area (Å²) in [4.78, 5) is 0. The van der Waals surface area contributed by atoms with E-state index >= 15 is 0 Å². The number of aromatic nitrogens is 1. The molecule has 0 aliphatic carbocycles. The highest BCUT2D eigenvalue weighted by Crippen LogP contribution is 2.28. The summed E-state index contributed by atoms with van der Waals surface area (Å²) in [6.07, 6.45) is 0. The van der Waals surface area contributed by atoms with E-state index in [1.54, 1.807) is 0 Å². The summed E-state index contributed by atoms with van der Waals surface area (Å²) in [5.41, 5.74) is -0.173. The normalized spacial score (nSPS) is 12.1. The molecule has 0 aromatic carbocycles. The van der Waals surface area contributed by atoms with Crippen molar-refractivity contribution >= 4 is 22.6 Å². The first kappa shape index (κ1) is 8.96. The third-order valence-corrected chi connectivity index (χ3v) is 2.21. The molecule has 2 nitrogen and oxygen atoms in total. The van der Waals surface area contributed by atoms with Gasteiger partial charge in [-0.25, -0.2) is 0 Å². The van der Waals surface area contributed by atoms with Crippen LogP contribution in [0.15, 0.2) is 4.52 Å². The van der Waals surface area contributed by atoms with Gasteiger partial charge in [-0.2, -0.15) is 4.39 Å². The highest BCUT2D eigenvalue weighted by atomic mass is 127. The summed E-state index contributed by atoms with van der Waals surface area (Å²) in [5, 5.41) is 3.23. The van der Waals surface area contributed by atoms with Crippen LogP contribution in [-0.2, 0) is 5.41 Å². The van der Waals surface area contributed by atoms with Crippen LogP contribution in [0.3, 0.4) is 0 Å². The van der Waals surface area contributed by atoms with E-state index in [-0.39, 0.29) is 5.41 Å². The van der Waals surface area contributed by atoms with E-state index < -0.39 is 5.95 Å². The second-order valence-electron chi connectivity index (χ2n) is 3.37. The Morgan fingerprint density at radius 1 is 1.45 bits per heavy atom. The molecule has 0 radical (unpaired) electrons. The summed E-state index contributed by atoms with van der Waals surface area (Å²) < 4.78 is 18.0. The fourth-order valence-corrected chi connectivity index (χ4v) is 1.73. The van der Waals surface area contributed by atoms with Gasteiger partial charge in [0.25, 0.3) is 5.95 Å². The van der Waals surface area contributed by atoms with E-state index in [0.29, 0.717) is 9.33 Å².